The molecule has 1 fully saturated rings. The van der Waals surface area contributed by atoms with E-state index in [4.69, 9.17) is 4.74 Å². The topological polar surface area (TPSA) is 53.5 Å². The molecule has 1 aliphatic heterocycles. The molecule has 0 amide bonds. The Labute approximate surface area is 137 Å². The van der Waals surface area contributed by atoms with Gasteiger partial charge in [0.15, 0.2) is 0 Å². The Hall–Kier alpha value is -2.34. The Kier molecular flexibility index (Phi) is 4.92. The molecular formula is C17H23N5O. The van der Waals surface area contributed by atoms with Crippen molar-refractivity contribution in [1.82, 2.24) is 14.9 Å². The second-order valence-electron chi connectivity index (χ2n) is 5.70. The van der Waals surface area contributed by atoms with Crippen LogP contribution in [0.3, 0.4) is 0 Å². The van der Waals surface area contributed by atoms with Gasteiger partial charge in [0.1, 0.15) is 11.6 Å². The van der Waals surface area contributed by atoms with Crippen LogP contribution < -0.4 is 15.0 Å². The Balaban J connectivity index is 1.66. The van der Waals surface area contributed by atoms with Gasteiger partial charge < -0.3 is 19.9 Å². The van der Waals surface area contributed by atoms with Crippen molar-refractivity contribution in [1.29, 1.82) is 0 Å². The molecule has 2 heterocycles. The van der Waals surface area contributed by atoms with Crippen LogP contribution in [0.4, 0.5) is 11.8 Å². The lowest BCUT2D eigenvalue weighted by Gasteiger charge is -2.32. The lowest BCUT2D eigenvalue weighted by molar-refractivity contribution is 0.311. The summed E-state index contributed by atoms with van der Waals surface area (Å²) in [6.07, 6.45) is 1.81. The first-order valence-electron chi connectivity index (χ1n) is 7.88. The van der Waals surface area contributed by atoms with Crippen molar-refractivity contribution in [3.63, 3.8) is 0 Å². The van der Waals surface area contributed by atoms with Gasteiger partial charge in [-0.3, -0.25) is 0 Å². The molecular weight excluding hydrogens is 290 g/mol. The third-order valence-electron chi connectivity index (χ3n) is 4.08. The number of rotatable bonds is 5. The fourth-order valence-electron chi connectivity index (χ4n) is 2.64. The van der Waals surface area contributed by atoms with Gasteiger partial charge in [-0.2, -0.15) is 4.98 Å². The predicted octanol–water partition coefficient (Wildman–Crippen LogP) is 1.85. The lowest BCUT2D eigenvalue weighted by atomic mass is 10.2. The standard InChI is InChI=1S/C17H23N5O/c1-21-9-11-22(12-10-21)17-18-8-7-16(20-17)19-13-14-5-3-4-6-15(14)23-2/h3-8H,9-13H2,1-2H3,(H,18,19,20). The SMILES string of the molecule is COc1ccccc1CNc1ccnc(N2CCN(C)CC2)n1. The van der Waals surface area contributed by atoms with Gasteiger partial charge >= 0.3 is 0 Å². The summed E-state index contributed by atoms with van der Waals surface area (Å²) in [7, 11) is 3.83. The third kappa shape index (κ3) is 3.90. The highest BCUT2D eigenvalue weighted by atomic mass is 16.5. The fourth-order valence-corrected chi connectivity index (χ4v) is 2.64. The molecule has 1 N–H and O–H groups in total. The molecule has 1 aromatic heterocycles. The average molecular weight is 313 g/mol. The highest BCUT2D eigenvalue weighted by molar-refractivity contribution is 5.43. The summed E-state index contributed by atoms with van der Waals surface area (Å²) >= 11 is 0. The van der Waals surface area contributed by atoms with Crippen LogP contribution in [-0.4, -0.2) is 55.2 Å². The molecule has 0 unspecified atom stereocenters. The van der Waals surface area contributed by atoms with E-state index in [0.29, 0.717) is 6.54 Å². The van der Waals surface area contributed by atoms with Crippen molar-refractivity contribution in [3.8, 4) is 5.75 Å². The van der Waals surface area contributed by atoms with Gasteiger partial charge in [0.2, 0.25) is 5.95 Å². The molecule has 2 aromatic rings. The molecule has 122 valence electrons. The number of aromatic nitrogens is 2. The number of para-hydroxylation sites is 1. The third-order valence-corrected chi connectivity index (χ3v) is 4.08. The second kappa shape index (κ2) is 7.28. The number of anilines is 2. The summed E-state index contributed by atoms with van der Waals surface area (Å²) in [5.41, 5.74) is 1.11. The zero-order valence-corrected chi connectivity index (χ0v) is 13.7. The van der Waals surface area contributed by atoms with Crippen molar-refractivity contribution in [2.45, 2.75) is 6.54 Å². The van der Waals surface area contributed by atoms with Crippen molar-refractivity contribution in [2.24, 2.45) is 0 Å². The zero-order chi connectivity index (χ0) is 16.1. The molecule has 0 spiro atoms. The summed E-state index contributed by atoms with van der Waals surface area (Å²) in [4.78, 5) is 13.6. The highest BCUT2D eigenvalue weighted by Gasteiger charge is 2.16. The van der Waals surface area contributed by atoms with E-state index in [0.717, 1.165) is 49.3 Å². The van der Waals surface area contributed by atoms with Crippen LogP contribution in [0, 0.1) is 0 Å². The van der Waals surface area contributed by atoms with Crippen molar-refractivity contribution in [2.75, 3.05) is 50.6 Å². The number of piperazine rings is 1. The molecule has 3 rings (SSSR count). The summed E-state index contributed by atoms with van der Waals surface area (Å²) in [5, 5.41) is 3.36. The average Bonchev–Trinajstić information content (AvgIpc) is 2.61. The molecule has 23 heavy (non-hydrogen) atoms. The van der Waals surface area contributed by atoms with Gasteiger partial charge in [0.25, 0.3) is 0 Å². The number of methoxy groups -OCH3 is 1. The minimum Gasteiger partial charge on any atom is -0.496 e. The number of likely N-dealkylation sites (N-methyl/N-ethyl adjacent to an activating group) is 1. The van der Waals surface area contributed by atoms with Crippen LogP contribution in [0.15, 0.2) is 36.5 Å². The van der Waals surface area contributed by atoms with Gasteiger partial charge in [-0.25, -0.2) is 4.98 Å². The Morgan fingerprint density at radius 3 is 2.70 bits per heavy atom. The van der Waals surface area contributed by atoms with Gasteiger partial charge in [-0.15, -0.1) is 0 Å². The summed E-state index contributed by atoms with van der Waals surface area (Å²) in [6, 6.07) is 9.89. The number of benzene rings is 1. The van der Waals surface area contributed by atoms with Crippen LogP contribution in [0.25, 0.3) is 0 Å². The molecule has 6 nitrogen and oxygen atoms in total. The molecule has 6 heteroatoms. The van der Waals surface area contributed by atoms with E-state index in [9.17, 15) is 0 Å². The van der Waals surface area contributed by atoms with Gasteiger partial charge in [-0.05, 0) is 19.2 Å². The minimum atomic E-state index is 0.670. The van der Waals surface area contributed by atoms with E-state index >= 15 is 0 Å². The maximum Gasteiger partial charge on any atom is 0.227 e. The number of hydrogen-bond donors (Lipinski definition) is 1. The van der Waals surface area contributed by atoms with Crippen LogP contribution in [0.2, 0.25) is 0 Å². The zero-order valence-electron chi connectivity index (χ0n) is 13.7. The van der Waals surface area contributed by atoms with Crippen molar-refractivity contribution < 1.29 is 4.74 Å². The Bertz CT molecular complexity index is 640. The first kappa shape index (κ1) is 15.6. The van der Waals surface area contributed by atoms with Crippen LogP contribution in [0.5, 0.6) is 5.75 Å². The lowest BCUT2D eigenvalue weighted by Crippen LogP contribution is -2.45. The highest BCUT2D eigenvalue weighted by Crippen LogP contribution is 2.19. The second-order valence-corrected chi connectivity index (χ2v) is 5.70. The monoisotopic (exact) mass is 313 g/mol. The molecule has 1 aliphatic rings. The first-order chi connectivity index (χ1) is 11.3. The number of nitrogens with one attached hydrogen (secondary N) is 1. The molecule has 0 bridgehead atoms. The smallest absolute Gasteiger partial charge is 0.227 e. The van der Waals surface area contributed by atoms with Gasteiger partial charge in [0.05, 0.1) is 7.11 Å². The van der Waals surface area contributed by atoms with Gasteiger partial charge in [-0.1, -0.05) is 18.2 Å². The van der Waals surface area contributed by atoms with Gasteiger partial charge in [0, 0.05) is 44.5 Å². The van der Waals surface area contributed by atoms with E-state index < -0.39 is 0 Å². The van der Waals surface area contributed by atoms with E-state index in [1.807, 2.05) is 30.5 Å². The van der Waals surface area contributed by atoms with Crippen LogP contribution in [0.1, 0.15) is 5.56 Å². The maximum atomic E-state index is 5.38. The number of hydrogen-bond acceptors (Lipinski definition) is 6. The molecule has 0 aliphatic carbocycles. The quantitative estimate of drug-likeness (QED) is 0.909. The van der Waals surface area contributed by atoms with Crippen LogP contribution >= 0.6 is 0 Å². The van der Waals surface area contributed by atoms with Crippen molar-refractivity contribution in [3.05, 3.63) is 42.1 Å². The molecule has 1 saturated heterocycles. The van der Waals surface area contributed by atoms with Crippen molar-refractivity contribution >= 4 is 11.8 Å². The summed E-state index contributed by atoms with van der Waals surface area (Å²) < 4.78 is 5.38. The van der Waals surface area contributed by atoms with E-state index in [2.05, 4.69) is 38.2 Å². The summed E-state index contributed by atoms with van der Waals surface area (Å²) in [6.45, 7) is 4.69. The first-order valence-corrected chi connectivity index (χ1v) is 7.88. The fraction of sp³-hybridized carbons (Fsp3) is 0.412. The molecule has 0 atom stereocenters. The molecule has 0 saturated carbocycles. The molecule has 0 radical (unpaired) electrons. The normalized spacial score (nSPS) is 15.5. The summed E-state index contributed by atoms with van der Waals surface area (Å²) in [5.74, 6) is 2.51. The van der Waals surface area contributed by atoms with E-state index in [1.165, 1.54) is 0 Å². The number of nitrogens with zero attached hydrogens (tertiary/aromatic N) is 4. The maximum absolute atomic E-state index is 5.38. The Morgan fingerprint density at radius 2 is 1.91 bits per heavy atom. The Morgan fingerprint density at radius 1 is 1.13 bits per heavy atom. The molecule has 1 aromatic carbocycles. The largest absolute Gasteiger partial charge is 0.496 e. The predicted molar refractivity (Wildman–Crippen MR) is 92.1 cm³/mol. The van der Waals surface area contributed by atoms with E-state index in [-0.39, 0.29) is 0 Å². The minimum absolute atomic E-state index is 0.670. The van der Waals surface area contributed by atoms with Crippen LogP contribution in [-0.2, 0) is 6.54 Å². The number of ether oxygens (including phenoxy) is 1. The van der Waals surface area contributed by atoms with E-state index in [1.54, 1.807) is 7.11 Å².